The van der Waals surface area contributed by atoms with Crippen LogP contribution in [0, 0.1) is 12.8 Å². The van der Waals surface area contributed by atoms with Crippen molar-refractivity contribution in [2.24, 2.45) is 5.92 Å². The zero-order valence-corrected chi connectivity index (χ0v) is 10.2. The van der Waals surface area contributed by atoms with Crippen LogP contribution >= 0.6 is 11.6 Å². The van der Waals surface area contributed by atoms with Crippen LogP contribution in [0.15, 0.2) is 12.1 Å². The predicted octanol–water partition coefficient (Wildman–Crippen LogP) is 2.57. The van der Waals surface area contributed by atoms with E-state index in [0.29, 0.717) is 16.8 Å². The second-order valence-corrected chi connectivity index (χ2v) is 4.95. The first-order chi connectivity index (χ1) is 7.54. The molecule has 1 aromatic heterocycles. The van der Waals surface area contributed by atoms with Gasteiger partial charge in [0.1, 0.15) is 5.15 Å². The van der Waals surface area contributed by atoms with Gasteiger partial charge in [-0.1, -0.05) is 18.5 Å². The third-order valence-electron chi connectivity index (χ3n) is 2.89. The van der Waals surface area contributed by atoms with Gasteiger partial charge in [0.2, 0.25) is 0 Å². The van der Waals surface area contributed by atoms with Gasteiger partial charge in [0.05, 0.1) is 0 Å². The summed E-state index contributed by atoms with van der Waals surface area (Å²) in [6.45, 7) is 4.02. The average Bonchev–Trinajstić information content (AvgIpc) is 2.13. The Morgan fingerprint density at radius 1 is 1.50 bits per heavy atom. The van der Waals surface area contributed by atoms with Crippen molar-refractivity contribution in [3.05, 3.63) is 28.5 Å². The molecule has 1 saturated carbocycles. The predicted molar refractivity (Wildman–Crippen MR) is 63.6 cm³/mol. The highest BCUT2D eigenvalue weighted by molar-refractivity contribution is 6.29. The molecule has 0 saturated heterocycles. The number of rotatable bonds is 2. The van der Waals surface area contributed by atoms with Crippen LogP contribution in [0.1, 0.15) is 35.8 Å². The topological polar surface area (TPSA) is 42.0 Å². The molecule has 1 amide bonds. The molecule has 0 atom stereocenters. The fourth-order valence-corrected chi connectivity index (χ4v) is 2.30. The number of carbonyl (C=O) groups is 1. The molecule has 0 radical (unpaired) electrons. The normalized spacial score (nSPS) is 23.7. The molecule has 1 aliphatic carbocycles. The van der Waals surface area contributed by atoms with E-state index in [0.717, 1.165) is 24.5 Å². The van der Waals surface area contributed by atoms with Crippen LogP contribution in [-0.2, 0) is 0 Å². The van der Waals surface area contributed by atoms with Crippen molar-refractivity contribution in [2.75, 3.05) is 0 Å². The molecule has 0 aliphatic heterocycles. The summed E-state index contributed by atoms with van der Waals surface area (Å²) in [7, 11) is 0. The van der Waals surface area contributed by atoms with Crippen LogP contribution in [0.3, 0.4) is 0 Å². The van der Waals surface area contributed by atoms with Crippen molar-refractivity contribution in [3.8, 4) is 0 Å². The Morgan fingerprint density at radius 2 is 2.19 bits per heavy atom. The minimum atomic E-state index is -0.0516. The van der Waals surface area contributed by atoms with E-state index in [4.69, 9.17) is 11.6 Å². The minimum Gasteiger partial charge on any atom is -0.349 e. The number of aryl methyl sites for hydroxylation is 1. The van der Waals surface area contributed by atoms with Crippen molar-refractivity contribution in [1.82, 2.24) is 10.3 Å². The summed E-state index contributed by atoms with van der Waals surface area (Å²) in [5.41, 5.74) is 1.36. The van der Waals surface area contributed by atoms with Crippen LogP contribution in [0.4, 0.5) is 0 Å². The lowest BCUT2D eigenvalue weighted by Gasteiger charge is -2.33. The Morgan fingerprint density at radius 3 is 2.75 bits per heavy atom. The van der Waals surface area contributed by atoms with E-state index in [-0.39, 0.29) is 5.91 Å². The average molecular weight is 239 g/mol. The molecule has 0 aromatic carbocycles. The zero-order chi connectivity index (χ0) is 11.7. The number of pyridine rings is 1. The number of aromatic nitrogens is 1. The van der Waals surface area contributed by atoms with E-state index in [2.05, 4.69) is 17.2 Å². The quantitative estimate of drug-likeness (QED) is 0.805. The van der Waals surface area contributed by atoms with E-state index < -0.39 is 0 Å². The van der Waals surface area contributed by atoms with Gasteiger partial charge in [0.15, 0.2) is 0 Å². The number of nitrogens with one attached hydrogen (secondary N) is 1. The maximum atomic E-state index is 11.9. The number of amides is 1. The first-order valence-electron chi connectivity index (χ1n) is 5.49. The maximum absolute atomic E-state index is 11.9. The van der Waals surface area contributed by atoms with Crippen molar-refractivity contribution in [3.63, 3.8) is 0 Å². The molecule has 16 heavy (non-hydrogen) atoms. The van der Waals surface area contributed by atoms with Crippen molar-refractivity contribution >= 4 is 17.5 Å². The molecule has 4 heteroatoms. The number of hydrogen-bond donors (Lipinski definition) is 1. The van der Waals surface area contributed by atoms with Crippen molar-refractivity contribution in [2.45, 2.75) is 32.7 Å². The molecule has 1 heterocycles. The van der Waals surface area contributed by atoms with Gasteiger partial charge in [-0.2, -0.15) is 0 Å². The molecule has 1 aliphatic rings. The fraction of sp³-hybridized carbons (Fsp3) is 0.500. The van der Waals surface area contributed by atoms with Gasteiger partial charge in [-0.25, -0.2) is 4.98 Å². The first-order valence-corrected chi connectivity index (χ1v) is 5.87. The Labute approximate surface area is 100 Å². The summed E-state index contributed by atoms with van der Waals surface area (Å²) in [5, 5.41) is 3.36. The standard InChI is InChI=1S/C12H15ClN2O/c1-7-3-10(4-7)15-12(16)9-5-8(2)14-11(13)6-9/h5-7,10H,3-4H2,1-2H3,(H,15,16). The number of halogens is 1. The minimum absolute atomic E-state index is 0.0516. The van der Waals surface area contributed by atoms with E-state index in [9.17, 15) is 4.79 Å². The van der Waals surface area contributed by atoms with Crippen LogP contribution in [0.2, 0.25) is 5.15 Å². The lowest BCUT2D eigenvalue weighted by atomic mass is 9.82. The van der Waals surface area contributed by atoms with Crippen LogP contribution in [-0.4, -0.2) is 16.9 Å². The smallest absolute Gasteiger partial charge is 0.251 e. The van der Waals surface area contributed by atoms with Gasteiger partial charge in [0.25, 0.3) is 5.91 Å². The summed E-state index contributed by atoms with van der Waals surface area (Å²) in [4.78, 5) is 15.9. The highest BCUT2D eigenvalue weighted by atomic mass is 35.5. The number of nitrogens with zero attached hydrogens (tertiary/aromatic N) is 1. The fourth-order valence-electron chi connectivity index (χ4n) is 2.05. The SMILES string of the molecule is Cc1cc(C(=O)NC2CC(C)C2)cc(Cl)n1. The maximum Gasteiger partial charge on any atom is 0.251 e. The monoisotopic (exact) mass is 238 g/mol. The van der Waals surface area contributed by atoms with Crippen LogP contribution < -0.4 is 5.32 Å². The van der Waals surface area contributed by atoms with Crippen molar-refractivity contribution in [1.29, 1.82) is 0 Å². The molecule has 3 nitrogen and oxygen atoms in total. The summed E-state index contributed by atoms with van der Waals surface area (Å²) in [6, 6.07) is 3.68. The molecule has 2 rings (SSSR count). The van der Waals surface area contributed by atoms with E-state index >= 15 is 0 Å². The molecule has 1 aromatic rings. The van der Waals surface area contributed by atoms with Crippen LogP contribution in [0.5, 0.6) is 0 Å². The molecule has 0 unspecified atom stereocenters. The highest BCUT2D eigenvalue weighted by Gasteiger charge is 2.26. The number of carbonyl (C=O) groups excluding carboxylic acids is 1. The third kappa shape index (κ3) is 2.53. The van der Waals surface area contributed by atoms with Crippen LogP contribution in [0.25, 0.3) is 0 Å². The van der Waals surface area contributed by atoms with E-state index in [1.165, 1.54) is 0 Å². The zero-order valence-electron chi connectivity index (χ0n) is 9.46. The lowest BCUT2D eigenvalue weighted by Crippen LogP contribution is -2.43. The Hall–Kier alpha value is -1.09. The highest BCUT2D eigenvalue weighted by Crippen LogP contribution is 2.26. The summed E-state index contributed by atoms with van der Waals surface area (Å²) in [5.74, 6) is 0.678. The molecule has 1 fully saturated rings. The molecular weight excluding hydrogens is 224 g/mol. The second kappa shape index (κ2) is 4.42. The Balaban J connectivity index is 2.03. The molecular formula is C12H15ClN2O. The van der Waals surface area contributed by atoms with Gasteiger partial charge in [-0.15, -0.1) is 0 Å². The first kappa shape index (κ1) is 11.4. The van der Waals surface area contributed by atoms with Gasteiger partial charge >= 0.3 is 0 Å². The third-order valence-corrected chi connectivity index (χ3v) is 3.09. The molecule has 1 N–H and O–H groups in total. The van der Waals surface area contributed by atoms with Crippen molar-refractivity contribution < 1.29 is 4.79 Å². The van der Waals surface area contributed by atoms with Gasteiger partial charge in [-0.05, 0) is 37.8 Å². The van der Waals surface area contributed by atoms with Gasteiger partial charge < -0.3 is 5.32 Å². The van der Waals surface area contributed by atoms with Gasteiger partial charge in [0, 0.05) is 17.3 Å². The summed E-state index contributed by atoms with van der Waals surface area (Å²) in [6.07, 6.45) is 2.15. The van der Waals surface area contributed by atoms with Gasteiger partial charge in [-0.3, -0.25) is 4.79 Å². The second-order valence-electron chi connectivity index (χ2n) is 4.57. The summed E-state index contributed by atoms with van der Waals surface area (Å²) >= 11 is 5.81. The molecule has 0 bridgehead atoms. The van der Waals surface area contributed by atoms with E-state index in [1.807, 2.05) is 6.92 Å². The lowest BCUT2D eigenvalue weighted by molar-refractivity contribution is 0.0896. The summed E-state index contributed by atoms with van der Waals surface area (Å²) < 4.78 is 0. The van der Waals surface area contributed by atoms with E-state index in [1.54, 1.807) is 12.1 Å². The largest absolute Gasteiger partial charge is 0.349 e. The Bertz CT molecular complexity index is 393. The Kier molecular flexibility index (Phi) is 3.15. The number of hydrogen-bond acceptors (Lipinski definition) is 2. The molecule has 0 spiro atoms. The molecule has 86 valence electrons.